The highest BCUT2D eigenvalue weighted by Gasteiger charge is 2.54. The Balaban J connectivity index is 4.63. The Morgan fingerprint density at radius 3 is 2.00 bits per heavy atom. The Bertz CT molecular complexity index is 260. The summed E-state index contributed by atoms with van der Waals surface area (Å²) < 4.78 is 41.8. The van der Waals surface area contributed by atoms with Crippen molar-refractivity contribution in [1.82, 2.24) is 0 Å². The fourth-order valence-electron chi connectivity index (χ4n) is 0.904. The van der Waals surface area contributed by atoms with Crippen molar-refractivity contribution < 1.29 is 27.8 Å². The van der Waals surface area contributed by atoms with Crippen LogP contribution in [0.5, 0.6) is 0 Å². The zero-order valence-electron chi connectivity index (χ0n) is 9.39. The Kier molecular flexibility index (Phi) is 4.35. The maximum Gasteiger partial charge on any atom is 0.419 e. The lowest BCUT2D eigenvalue weighted by atomic mass is 9.99. The van der Waals surface area contributed by atoms with Gasteiger partial charge in [0.15, 0.2) is 5.60 Å². The molecule has 16 heavy (non-hydrogen) atoms. The summed E-state index contributed by atoms with van der Waals surface area (Å²) in [5, 5.41) is 9.17. The van der Waals surface area contributed by atoms with Crippen molar-refractivity contribution in [3.05, 3.63) is 0 Å². The van der Waals surface area contributed by atoms with E-state index in [2.05, 4.69) is 4.74 Å². The van der Waals surface area contributed by atoms with Gasteiger partial charge in [0.2, 0.25) is 0 Å². The summed E-state index contributed by atoms with van der Waals surface area (Å²) >= 11 is 0. The Morgan fingerprint density at radius 1 is 1.31 bits per heavy atom. The molecule has 7 heteroatoms. The van der Waals surface area contributed by atoms with E-state index in [0.717, 1.165) is 0 Å². The average Bonchev–Trinajstić information content (AvgIpc) is 1.97. The molecular weight excluding hydrogens is 227 g/mol. The van der Waals surface area contributed by atoms with Gasteiger partial charge in [-0.1, -0.05) is 0 Å². The lowest BCUT2D eigenvalue weighted by Gasteiger charge is -2.29. The second-order valence-electron chi connectivity index (χ2n) is 4.50. The van der Waals surface area contributed by atoms with Gasteiger partial charge in [-0.15, -0.1) is 0 Å². The van der Waals surface area contributed by atoms with Crippen LogP contribution < -0.4 is 5.73 Å². The van der Waals surface area contributed by atoms with Gasteiger partial charge >= 0.3 is 12.1 Å². The van der Waals surface area contributed by atoms with Crippen LogP contribution in [0.4, 0.5) is 13.2 Å². The Hall–Kier alpha value is -0.820. The molecule has 0 heterocycles. The number of carbonyl (C=O) groups is 1. The maximum atomic E-state index is 12.4. The van der Waals surface area contributed by atoms with Crippen LogP contribution in [0.25, 0.3) is 0 Å². The molecule has 1 atom stereocenters. The van der Waals surface area contributed by atoms with Crippen molar-refractivity contribution in [2.24, 2.45) is 5.73 Å². The molecule has 0 bridgehead atoms. The number of hydrogen-bond acceptors (Lipinski definition) is 4. The van der Waals surface area contributed by atoms with Gasteiger partial charge in [0.25, 0.3) is 0 Å². The van der Waals surface area contributed by atoms with Crippen molar-refractivity contribution in [3.63, 3.8) is 0 Å². The number of rotatable bonds is 3. The summed E-state index contributed by atoms with van der Waals surface area (Å²) in [6.07, 6.45) is -6.16. The van der Waals surface area contributed by atoms with Gasteiger partial charge < -0.3 is 15.6 Å². The highest BCUT2D eigenvalue weighted by molar-refractivity contribution is 5.71. The van der Waals surface area contributed by atoms with E-state index in [1.807, 2.05) is 0 Å². The van der Waals surface area contributed by atoms with E-state index in [9.17, 15) is 23.1 Å². The van der Waals surface area contributed by atoms with Gasteiger partial charge in [-0.05, 0) is 20.8 Å². The fourth-order valence-corrected chi connectivity index (χ4v) is 0.904. The first-order valence-electron chi connectivity index (χ1n) is 4.62. The van der Waals surface area contributed by atoms with Crippen molar-refractivity contribution >= 4 is 5.97 Å². The highest BCUT2D eigenvalue weighted by atomic mass is 19.4. The van der Waals surface area contributed by atoms with Crippen molar-refractivity contribution in [1.29, 1.82) is 0 Å². The first-order chi connectivity index (χ1) is 6.91. The van der Waals surface area contributed by atoms with Gasteiger partial charge in [-0.25, -0.2) is 0 Å². The fraction of sp³-hybridized carbons (Fsp3) is 0.889. The van der Waals surface area contributed by atoms with Gasteiger partial charge in [-0.3, -0.25) is 4.79 Å². The summed E-state index contributed by atoms with van der Waals surface area (Å²) in [4.78, 5) is 11.1. The third-order valence-electron chi connectivity index (χ3n) is 1.72. The molecule has 0 saturated carbocycles. The van der Waals surface area contributed by atoms with Gasteiger partial charge in [0.1, 0.15) is 5.60 Å². The molecule has 0 rings (SSSR count). The number of hydrogen-bond donors (Lipinski definition) is 2. The SMILES string of the molecule is CC(C)(C)OC(=O)C[C@](O)(CN)C(F)(F)F. The molecule has 0 aliphatic carbocycles. The third kappa shape index (κ3) is 4.36. The van der Waals surface area contributed by atoms with Crippen LogP contribution in [-0.4, -0.2) is 35.0 Å². The minimum Gasteiger partial charge on any atom is -0.460 e. The first kappa shape index (κ1) is 15.2. The lowest BCUT2D eigenvalue weighted by molar-refractivity contribution is -0.259. The number of halogens is 3. The van der Waals surface area contributed by atoms with E-state index in [-0.39, 0.29) is 0 Å². The highest BCUT2D eigenvalue weighted by Crippen LogP contribution is 2.32. The lowest BCUT2D eigenvalue weighted by Crippen LogP contribution is -2.53. The monoisotopic (exact) mass is 243 g/mol. The minimum absolute atomic E-state index is 0.905. The predicted octanol–water partition coefficient (Wildman–Crippen LogP) is 0.970. The van der Waals surface area contributed by atoms with Crippen molar-refractivity contribution in [2.45, 2.75) is 44.6 Å². The molecular formula is C9H16F3NO3. The van der Waals surface area contributed by atoms with E-state index in [1.165, 1.54) is 20.8 Å². The summed E-state index contributed by atoms with van der Waals surface area (Å²) in [6.45, 7) is 3.45. The van der Waals surface area contributed by atoms with E-state index in [0.29, 0.717) is 0 Å². The molecule has 0 saturated heterocycles. The normalized spacial score (nSPS) is 16.8. The zero-order valence-corrected chi connectivity index (χ0v) is 9.39. The molecule has 0 fully saturated rings. The van der Waals surface area contributed by atoms with Crippen LogP contribution >= 0.6 is 0 Å². The van der Waals surface area contributed by atoms with Crippen LogP contribution in [0.2, 0.25) is 0 Å². The standard InChI is InChI=1S/C9H16F3NO3/c1-7(2,3)16-6(14)4-8(15,5-13)9(10,11)12/h15H,4-5,13H2,1-3H3/t8-/m0/s1. The zero-order chi connectivity index (χ0) is 13.2. The molecule has 0 unspecified atom stereocenters. The van der Waals surface area contributed by atoms with E-state index >= 15 is 0 Å². The Morgan fingerprint density at radius 2 is 1.75 bits per heavy atom. The van der Waals surface area contributed by atoms with Crippen molar-refractivity contribution in [2.75, 3.05) is 6.54 Å². The molecule has 0 aromatic rings. The minimum atomic E-state index is -4.96. The molecule has 0 aliphatic heterocycles. The summed E-state index contributed by atoms with van der Waals surface area (Å²) in [7, 11) is 0. The molecule has 0 radical (unpaired) electrons. The summed E-state index contributed by atoms with van der Waals surface area (Å²) in [5.74, 6) is -1.14. The number of aliphatic hydroxyl groups is 1. The van der Waals surface area contributed by atoms with Gasteiger partial charge in [0, 0.05) is 6.54 Å². The quantitative estimate of drug-likeness (QED) is 0.724. The number of nitrogens with two attached hydrogens (primary N) is 1. The summed E-state index contributed by atoms with van der Waals surface area (Å²) in [5.41, 5.74) is 0.696. The van der Waals surface area contributed by atoms with E-state index in [1.54, 1.807) is 0 Å². The summed E-state index contributed by atoms with van der Waals surface area (Å²) in [6, 6.07) is 0. The number of carbonyl (C=O) groups excluding carboxylic acids is 1. The molecule has 0 aromatic carbocycles. The average molecular weight is 243 g/mol. The van der Waals surface area contributed by atoms with Crippen molar-refractivity contribution in [3.8, 4) is 0 Å². The van der Waals surface area contributed by atoms with Crippen LogP contribution in [0.1, 0.15) is 27.2 Å². The number of esters is 1. The number of alkyl halides is 3. The predicted molar refractivity (Wildman–Crippen MR) is 50.5 cm³/mol. The largest absolute Gasteiger partial charge is 0.460 e. The molecule has 3 N–H and O–H groups in total. The van der Waals surface area contributed by atoms with Crippen LogP contribution in [-0.2, 0) is 9.53 Å². The molecule has 0 aromatic heterocycles. The topological polar surface area (TPSA) is 72.5 Å². The van der Waals surface area contributed by atoms with Gasteiger partial charge in [0.05, 0.1) is 6.42 Å². The third-order valence-corrected chi connectivity index (χ3v) is 1.72. The molecule has 0 spiro atoms. The van der Waals surface area contributed by atoms with E-state index in [4.69, 9.17) is 5.73 Å². The van der Waals surface area contributed by atoms with Crippen LogP contribution in [0, 0.1) is 0 Å². The molecule has 0 aliphatic rings. The van der Waals surface area contributed by atoms with Crippen LogP contribution in [0.15, 0.2) is 0 Å². The smallest absolute Gasteiger partial charge is 0.419 e. The Labute approximate surface area is 91.6 Å². The van der Waals surface area contributed by atoms with E-state index < -0.39 is 36.3 Å². The molecule has 96 valence electrons. The molecule has 4 nitrogen and oxygen atoms in total. The van der Waals surface area contributed by atoms with Gasteiger partial charge in [-0.2, -0.15) is 13.2 Å². The number of ether oxygens (including phenoxy) is 1. The first-order valence-corrected chi connectivity index (χ1v) is 4.62. The maximum absolute atomic E-state index is 12.4. The molecule has 0 amide bonds. The van der Waals surface area contributed by atoms with Crippen LogP contribution in [0.3, 0.4) is 0 Å². The second-order valence-corrected chi connectivity index (χ2v) is 4.50. The second kappa shape index (κ2) is 4.58.